The monoisotopic (exact) mass is 241 g/mol. The van der Waals surface area contributed by atoms with Crippen LogP contribution in [0, 0.1) is 11.3 Å². The zero-order chi connectivity index (χ0) is 12.6. The van der Waals surface area contributed by atoms with E-state index in [1.807, 2.05) is 0 Å². The molecule has 6 N–H and O–H groups in total. The molecule has 1 aliphatic carbocycles. The van der Waals surface area contributed by atoms with Crippen LogP contribution in [0.2, 0.25) is 0 Å². The molecule has 1 saturated carbocycles. The lowest BCUT2D eigenvalue weighted by atomic mass is 10.1. The van der Waals surface area contributed by atoms with Crippen LogP contribution in [-0.2, 0) is 0 Å². The fourth-order valence-corrected chi connectivity index (χ4v) is 2.10. The molecular weight excluding hydrogens is 226 g/mol. The highest BCUT2D eigenvalue weighted by molar-refractivity contribution is 5.90. The van der Waals surface area contributed by atoms with Gasteiger partial charge in [-0.3, -0.25) is 5.41 Å². The Kier molecular flexibility index (Phi) is 3.09. The molecule has 1 fully saturated rings. The van der Waals surface area contributed by atoms with Crippen molar-refractivity contribution in [2.24, 2.45) is 11.7 Å². The summed E-state index contributed by atoms with van der Waals surface area (Å²) in [6.07, 6.45) is -0.222. The maximum Gasteiger partial charge on any atom is 0.215 e. The molecule has 2 rings (SSSR count). The van der Waals surface area contributed by atoms with Crippen LogP contribution < -0.4 is 5.73 Å². The van der Waals surface area contributed by atoms with Crippen molar-refractivity contribution in [2.75, 3.05) is 6.61 Å². The van der Waals surface area contributed by atoms with Crippen LogP contribution in [0.15, 0.2) is 6.33 Å². The maximum atomic E-state index is 9.83. The van der Waals surface area contributed by atoms with Crippen molar-refractivity contribution < 1.29 is 15.3 Å². The number of nitrogens with one attached hydrogen (secondary N) is 1. The Bertz CT molecular complexity index is 421. The number of nitrogens with two attached hydrogens (primary N) is 1. The Hall–Kier alpha value is -1.51. The van der Waals surface area contributed by atoms with Gasteiger partial charge in [-0.2, -0.15) is 0 Å². The molecule has 0 aliphatic heterocycles. The van der Waals surface area contributed by atoms with E-state index in [9.17, 15) is 10.2 Å². The van der Waals surface area contributed by atoms with Crippen molar-refractivity contribution in [3.8, 4) is 0 Å². The van der Waals surface area contributed by atoms with Crippen LogP contribution in [0.25, 0.3) is 0 Å². The minimum absolute atomic E-state index is 0.0825. The van der Waals surface area contributed by atoms with E-state index in [2.05, 4.69) is 10.1 Å². The van der Waals surface area contributed by atoms with Gasteiger partial charge in [0.1, 0.15) is 12.4 Å². The fraction of sp³-hybridized carbons (Fsp3) is 0.667. The number of aliphatic hydroxyl groups excluding tert-OH is 3. The first-order valence-corrected chi connectivity index (χ1v) is 5.27. The Morgan fingerprint density at radius 3 is 2.71 bits per heavy atom. The normalized spacial score (nSPS) is 32.9. The maximum absolute atomic E-state index is 9.83. The van der Waals surface area contributed by atoms with Crippen LogP contribution in [-0.4, -0.2) is 54.7 Å². The highest BCUT2D eigenvalue weighted by Gasteiger charge is 2.42. The second kappa shape index (κ2) is 4.40. The predicted octanol–water partition coefficient (Wildman–Crippen LogP) is -2.16. The highest BCUT2D eigenvalue weighted by Crippen LogP contribution is 2.34. The summed E-state index contributed by atoms with van der Waals surface area (Å²) < 4.78 is 1.38. The van der Waals surface area contributed by atoms with E-state index >= 15 is 0 Å². The number of aliphatic hydroxyl groups is 3. The van der Waals surface area contributed by atoms with Gasteiger partial charge in [0.15, 0.2) is 5.84 Å². The van der Waals surface area contributed by atoms with Crippen molar-refractivity contribution in [1.82, 2.24) is 14.8 Å². The van der Waals surface area contributed by atoms with Gasteiger partial charge >= 0.3 is 0 Å². The highest BCUT2D eigenvalue weighted by atomic mass is 16.3. The summed E-state index contributed by atoms with van der Waals surface area (Å²) in [6, 6.07) is -0.456. The molecule has 0 unspecified atom stereocenters. The lowest BCUT2D eigenvalue weighted by Crippen LogP contribution is -2.30. The van der Waals surface area contributed by atoms with E-state index in [1.165, 1.54) is 11.0 Å². The third-order valence-electron chi connectivity index (χ3n) is 3.10. The van der Waals surface area contributed by atoms with Crippen molar-refractivity contribution in [3.05, 3.63) is 12.2 Å². The van der Waals surface area contributed by atoms with Crippen LogP contribution in [0.1, 0.15) is 18.3 Å². The Morgan fingerprint density at radius 2 is 2.24 bits per heavy atom. The van der Waals surface area contributed by atoms with Crippen LogP contribution in [0.3, 0.4) is 0 Å². The van der Waals surface area contributed by atoms with E-state index in [0.717, 1.165) is 0 Å². The molecule has 1 aromatic heterocycles. The lowest BCUT2D eigenvalue weighted by molar-refractivity contribution is -0.00539. The smallest absolute Gasteiger partial charge is 0.215 e. The summed E-state index contributed by atoms with van der Waals surface area (Å²) in [6.45, 7) is -0.191. The quantitative estimate of drug-likeness (QED) is 0.301. The standard InChI is InChI=1S/C9H15N5O3/c10-8(11)9-12-3-14(13-9)5-1-4(2-15)6(16)7(5)17/h3-7,15-17H,1-2H2,(H3,10,11)/t4-,5-,6-,7+/m1/s1. The van der Waals surface area contributed by atoms with Gasteiger partial charge in [0.05, 0.1) is 12.1 Å². The number of hydrogen-bond donors (Lipinski definition) is 5. The van der Waals surface area contributed by atoms with Gasteiger partial charge in [0.25, 0.3) is 0 Å². The largest absolute Gasteiger partial charge is 0.396 e. The molecule has 0 bridgehead atoms. The van der Waals surface area contributed by atoms with Crippen molar-refractivity contribution >= 4 is 5.84 Å². The lowest BCUT2D eigenvalue weighted by Gasteiger charge is -2.16. The molecule has 17 heavy (non-hydrogen) atoms. The van der Waals surface area contributed by atoms with Crippen molar-refractivity contribution in [3.63, 3.8) is 0 Å². The number of rotatable bonds is 3. The third-order valence-corrected chi connectivity index (χ3v) is 3.10. The zero-order valence-corrected chi connectivity index (χ0v) is 9.06. The molecule has 0 saturated heterocycles. The molecule has 0 spiro atoms. The first-order chi connectivity index (χ1) is 8.04. The van der Waals surface area contributed by atoms with Crippen LogP contribution in [0.5, 0.6) is 0 Å². The summed E-state index contributed by atoms with van der Waals surface area (Å²) in [5.74, 6) is -0.547. The summed E-state index contributed by atoms with van der Waals surface area (Å²) in [5.41, 5.74) is 5.23. The molecule has 0 aromatic carbocycles. The van der Waals surface area contributed by atoms with E-state index in [0.29, 0.717) is 6.42 Å². The minimum atomic E-state index is -1.01. The van der Waals surface area contributed by atoms with E-state index < -0.39 is 18.2 Å². The van der Waals surface area contributed by atoms with E-state index in [-0.39, 0.29) is 24.2 Å². The van der Waals surface area contributed by atoms with Gasteiger partial charge in [0.2, 0.25) is 5.82 Å². The van der Waals surface area contributed by atoms with Gasteiger partial charge in [-0.1, -0.05) is 0 Å². The van der Waals surface area contributed by atoms with Gasteiger partial charge < -0.3 is 21.1 Å². The van der Waals surface area contributed by atoms with Crippen LogP contribution >= 0.6 is 0 Å². The SMILES string of the molecule is N=C(N)c1ncn([C@@H]2C[C@H](CO)[C@@H](O)[C@H]2O)n1. The Labute approximate surface area is 97.2 Å². The number of hydrogen-bond acceptors (Lipinski definition) is 6. The molecule has 1 aliphatic rings. The summed E-state index contributed by atoms with van der Waals surface area (Å²) in [7, 11) is 0. The van der Waals surface area contributed by atoms with E-state index in [1.54, 1.807) is 0 Å². The molecule has 0 amide bonds. The Balaban J connectivity index is 2.19. The zero-order valence-electron chi connectivity index (χ0n) is 9.06. The summed E-state index contributed by atoms with van der Waals surface area (Å²) in [5, 5.41) is 39.7. The average molecular weight is 241 g/mol. The second-order valence-corrected chi connectivity index (χ2v) is 4.19. The van der Waals surface area contributed by atoms with Gasteiger partial charge in [0, 0.05) is 12.5 Å². The van der Waals surface area contributed by atoms with Crippen molar-refractivity contribution in [2.45, 2.75) is 24.7 Å². The molecule has 0 radical (unpaired) electrons. The second-order valence-electron chi connectivity index (χ2n) is 4.19. The molecule has 4 atom stereocenters. The summed E-state index contributed by atoms with van der Waals surface area (Å²) >= 11 is 0. The number of amidine groups is 1. The Morgan fingerprint density at radius 1 is 1.53 bits per heavy atom. The fourth-order valence-electron chi connectivity index (χ4n) is 2.10. The number of nitrogen functional groups attached to an aromatic ring is 1. The molecular formula is C9H15N5O3. The third kappa shape index (κ3) is 2.02. The van der Waals surface area contributed by atoms with Crippen molar-refractivity contribution in [1.29, 1.82) is 5.41 Å². The number of aromatic nitrogens is 3. The molecule has 8 heteroatoms. The van der Waals surface area contributed by atoms with Gasteiger partial charge in [-0.15, -0.1) is 5.10 Å². The molecule has 1 aromatic rings. The molecule has 8 nitrogen and oxygen atoms in total. The molecule has 1 heterocycles. The number of nitrogens with zero attached hydrogens (tertiary/aromatic N) is 3. The first kappa shape index (κ1) is 12.0. The molecule has 94 valence electrons. The topological polar surface area (TPSA) is 141 Å². The van der Waals surface area contributed by atoms with Gasteiger partial charge in [-0.25, -0.2) is 9.67 Å². The predicted molar refractivity (Wildman–Crippen MR) is 57.3 cm³/mol. The van der Waals surface area contributed by atoms with Crippen LogP contribution in [0.4, 0.5) is 0 Å². The minimum Gasteiger partial charge on any atom is -0.396 e. The first-order valence-electron chi connectivity index (χ1n) is 5.27. The summed E-state index contributed by atoms with van der Waals surface area (Å²) in [4.78, 5) is 3.82. The van der Waals surface area contributed by atoms with E-state index in [4.69, 9.17) is 16.2 Å². The average Bonchev–Trinajstić information content (AvgIpc) is 2.87. The van der Waals surface area contributed by atoms with Gasteiger partial charge in [-0.05, 0) is 6.42 Å².